The van der Waals surface area contributed by atoms with Gasteiger partial charge in [0.2, 0.25) is 0 Å². The summed E-state index contributed by atoms with van der Waals surface area (Å²) in [5.74, 6) is 1.34. The minimum atomic E-state index is -0.849. The number of ether oxygens (including phenoxy) is 1. The van der Waals surface area contributed by atoms with Gasteiger partial charge in [-0.2, -0.15) is 0 Å². The lowest BCUT2D eigenvalue weighted by atomic mass is 10.0. The van der Waals surface area contributed by atoms with Gasteiger partial charge in [-0.15, -0.1) is 24.0 Å². The van der Waals surface area contributed by atoms with Crippen molar-refractivity contribution < 1.29 is 9.84 Å². The zero-order valence-corrected chi connectivity index (χ0v) is 21.4. The number of nitrogens with zero attached hydrogens (tertiary/aromatic N) is 2. The van der Waals surface area contributed by atoms with Crippen LogP contribution in [-0.4, -0.2) is 74.0 Å². The smallest absolute Gasteiger partial charge is 0.191 e. The molecule has 0 amide bonds. The van der Waals surface area contributed by atoms with E-state index in [0.717, 1.165) is 58.2 Å². The van der Waals surface area contributed by atoms with Gasteiger partial charge >= 0.3 is 0 Å². The second kappa shape index (κ2) is 14.2. The fourth-order valence-corrected chi connectivity index (χ4v) is 3.45. The van der Waals surface area contributed by atoms with Crippen LogP contribution < -0.4 is 10.6 Å². The second-order valence-electron chi connectivity index (χ2n) is 8.51. The van der Waals surface area contributed by atoms with E-state index in [-0.39, 0.29) is 24.0 Å². The summed E-state index contributed by atoms with van der Waals surface area (Å²) >= 11 is 0. The fraction of sp³-hybridized carbons (Fsp3) is 0.696. The van der Waals surface area contributed by atoms with Gasteiger partial charge in [-0.1, -0.05) is 38.1 Å². The predicted molar refractivity (Wildman–Crippen MR) is 136 cm³/mol. The number of aliphatic hydroxyl groups is 1. The number of hydrogen-bond donors (Lipinski definition) is 3. The molecule has 30 heavy (non-hydrogen) atoms. The van der Waals surface area contributed by atoms with Gasteiger partial charge in [0.1, 0.15) is 0 Å². The third-order valence-corrected chi connectivity index (χ3v) is 5.17. The van der Waals surface area contributed by atoms with Crippen LogP contribution in [0, 0.1) is 0 Å². The van der Waals surface area contributed by atoms with Crippen LogP contribution in [0.1, 0.15) is 51.2 Å². The number of hydrogen-bond acceptors (Lipinski definition) is 4. The Kier molecular flexibility index (Phi) is 12.9. The molecule has 1 aliphatic rings. The number of halogens is 1. The molecule has 6 nitrogen and oxygen atoms in total. The molecule has 1 aromatic rings. The van der Waals surface area contributed by atoms with E-state index in [9.17, 15) is 5.11 Å². The SMILES string of the molecule is CCNC(=NCC(C)(O)CN1CCOCC1)NCCCc1ccc(C(C)C)cc1.I. The molecule has 1 unspecified atom stereocenters. The molecule has 0 saturated carbocycles. The highest BCUT2D eigenvalue weighted by Crippen LogP contribution is 2.15. The van der Waals surface area contributed by atoms with Crippen molar-refractivity contribution in [3.05, 3.63) is 35.4 Å². The first-order valence-electron chi connectivity index (χ1n) is 11.0. The standard InChI is InChI=1S/C23H40N4O2.HI/c1-5-24-22(26-17-23(4,28)18-27-13-15-29-16-14-27)25-12-6-7-20-8-10-21(11-9-20)19(2)3;/h8-11,19,28H,5-7,12-18H2,1-4H3,(H2,24,25,26);1H. The van der Waals surface area contributed by atoms with Gasteiger partial charge in [-0.25, -0.2) is 0 Å². The zero-order chi connectivity index (χ0) is 21.1. The van der Waals surface area contributed by atoms with Crippen molar-refractivity contribution in [2.75, 3.05) is 52.5 Å². The van der Waals surface area contributed by atoms with Crippen LogP contribution in [0.2, 0.25) is 0 Å². The van der Waals surface area contributed by atoms with Crippen LogP contribution in [0.25, 0.3) is 0 Å². The summed E-state index contributed by atoms with van der Waals surface area (Å²) in [5, 5.41) is 17.4. The van der Waals surface area contributed by atoms with Gasteiger partial charge in [0.15, 0.2) is 5.96 Å². The third-order valence-electron chi connectivity index (χ3n) is 5.17. The molecule has 1 atom stereocenters. The number of nitrogens with one attached hydrogen (secondary N) is 2. The van der Waals surface area contributed by atoms with Gasteiger partial charge in [-0.3, -0.25) is 9.89 Å². The number of β-amino-alcohol motifs (C(OH)–C–C–N with tert-alkyl or cyclic N) is 1. The summed E-state index contributed by atoms with van der Waals surface area (Å²) in [6, 6.07) is 8.93. The van der Waals surface area contributed by atoms with Crippen molar-refractivity contribution in [3.8, 4) is 0 Å². The largest absolute Gasteiger partial charge is 0.387 e. The number of aliphatic imine (C=N–C) groups is 1. The second-order valence-corrected chi connectivity index (χ2v) is 8.51. The Labute approximate surface area is 199 Å². The van der Waals surface area contributed by atoms with Crippen LogP contribution >= 0.6 is 24.0 Å². The first-order chi connectivity index (χ1) is 13.9. The van der Waals surface area contributed by atoms with E-state index < -0.39 is 5.60 Å². The molecule has 1 fully saturated rings. The molecule has 0 bridgehead atoms. The molecule has 7 heteroatoms. The first-order valence-corrected chi connectivity index (χ1v) is 11.0. The van der Waals surface area contributed by atoms with Gasteiger partial charge < -0.3 is 20.5 Å². The molecule has 0 aromatic heterocycles. The molecule has 0 spiro atoms. The Morgan fingerprint density at radius 3 is 2.47 bits per heavy atom. The minimum Gasteiger partial charge on any atom is -0.387 e. The zero-order valence-electron chi connectivity index (χ0n) is 19.1. The maximum Gasteiger partial charge on any atom is 0.191 e. The lowest BCUT2D eigenvalue weighted by molar-refractivity contribution is -0.0179. The molecule has 1 heterocycles. The molecular formula is C23H41IN4O2. The molecule has 0 radical (unpaired) electrons. The van der Waals surface area contributed by atoms with E-state index in [0.29, 0.717) is 19.0 Å². The monoisotopic (exact) mass is 532 g/mol. The molecule has 172 valence electrons. The van der Waals surface area contributed by atoms with Crippen molar-refractivity contribution in [1.82, 2.24) is 15.5 Å². The van der Waals surface area contributed by atoms with E-state index >= 15 is 0 Å². The van der Waals surface area contributed by atoms with E-state index in [1.54, 1.807) is 0 Å². The average molecular weight is 533 g/mol. The van der Waals surface area contributed by atoms with E-state index in [1.807, 2.05) is 6.92 Å². The van der Waals surface area contributed by atoms with Crippen LogP contribution in [0.15, 0.2) is 29.3 Å². The highest BCUT2D eigenvalue weighted by molar-refractivity contribution is 14.0. The third kappa shape index (κ3) is 10.4. The van der Waals surface area contributed by atoms with E-state index in [1.165, 1.54) is 11.1 Å². The lowest BCUT2D eigenvalue weighted by Gasteiger charge is -2.33. The average Bonchev–Trinajstić information content (AvgIpc) is 2.70. The van der Waals surface area contributed by atoms with Gasteiger partial charge in [0, 0.05) is 32.7 Å². The highest BCUT2D eigenvalue weighted by Gasteiger charge is 2.25. The van der Waals surface area contributed by atoms with Crippen molar-refractivity contribution in [3.63, 3.8) is 0 Å². The summed E-state index contributed by atoms with van der Waals surface area (Å²) in [6.07, 6.45) is 2.08. The Morgan fingerprint density at radius 1 is 1.20 bits per heavy atom. The fourth-order valence-electron chi connectivity index (χ4n) is 3.45. The summed E-state index contributed by atoms with van der Waals surface area (Å²) in [7, 11) is 0. The number of morpholine rings is 1. The normalized spacial score (nSPS) is 17.3. The van der Waals surface area contributed by atoms with Crippen molar-refractivity contribution in [2.24, 2.45) is 4.99 Å². The van der Waals surface area contributed by atoms with Crippen LogP contribution in [0.5, 0.6) is 0 Å². The number of guanidine groups is 1. The molecular weight excluding hydrogens is 491 g/mol. The van der Waals surface area contributed by atoms with E-state index in [4.69, 9.17) is 4.74 Å². The molecule has 0 aliphatic carbocycles. The number of aryl methyl sites for hydroxylation is 1. The molecule has 2 rings (SSSR count). The Balaban J connectivity index is 0.00000450. The minimum absolute atomic E-state index is 0. The Bertz CT molecular complexity index is 614. The van der Waals surface area contributed by atoms with Crippen molar-refractivity contribution in [2.45, 2.75) is 52.1 Å². The summed E-state index contributed by atoms with van der Waals surface area (Å²) in [5.41, 5.74) is 1.90. The van der Waals surface area contributed by atoms with Crippen LogP contribution in [0.4, 0.5) is 0 Å². The highest BCUT2D eigenvalue weighted by atomic mass is 127. The summed E-state index contributed by atoms with van der Waals surface area (Å²) in [6.45, 7) is 14.2. The quantitative estimate of drug-likeness (QED) is 0.187. The van der Waals surface area contributed by atoms with Gasteiger partial charge in [-0.05, 0) is 43.7 Å². The molecule has 1 saturated heterocycles. The number of rotatable bonds is 10. The maximum atomic E-state index is 10.7. The van der Waals surface area contributed by atoms with Crippen molar-refractivity contribution >= 4 is 29.9 Å². The molecule has 1 aromatic carbocycles. The maximum absolute atomic E-state index is 10.7. The van der Waals surface area contributed by atoms with Gasteiger partial charge in [0.25, 0.3) is 0 Å². The predicted octanol–water partition coefficient (Wildman–Crippen LogP) is 3.00. The number of benzene rings is 1. The lowest BCUT2D eigenvalue weighted by Crippen LogP contribution is -2.48. The first kappa shape index (κ1) is 27.1. The Morgan fingerprint density at radius 2 is 1.87 bits per heavy atom. The van der Waals surface area contributed by atoms with E-state index in [2.05, 4.69) is 65.6 Å². The molecule has 1 aliphatic heterocycles. The van der Waals surface area contributed by atoms with Gasteiger partial charge in [0.05, 0.1) is 25.4 Å². The topological polar surface area (TPSA) is 69.1 Å². The van der Waals surface area contributed by atoms with Crippen LogP contribution in [0.3, 0.4) is 0 Å². The molecule has 3 N–H and O–H groups in total. The Hall–Kier alpha value is -0.900. The summed E-state index contributed by atoms with van der Waals surface area (Å²) in [4.78, 5) is 6.85. The van der Waals surface area contributed by atoms with Crippen LogP contribution in [-0.2, 0) is 11.2 Å². The van der Waals surface area contributed by atoms with Crippen molar-refractivity contribution in [1.29, 1.82) is 0 Å². The summed E-state index contributed by atoms with van der Waals surface area (Å²) < 4.78 is 5.38.